The van der Waals surface area contributed by atoms with Gasteiger partial charge in [0.2, 0.25) is 0 Å². The zero-order valence-corrected chi connectivity index (χ0v) is 59.7. The predicted molar refractivity (Wildman–Crippen MR) is 326 cm³/mol. The summed E-state index contributed by atoms with van der Waals surface area (Å²) in [5.41, 5.74) is 10.2. The monoisotopic (exact) mass is 1430 g/mol. The maximum atomic E-state index is 10.2. The summed E-state index contributed by atoms with van der Waals surface area (Å²) in [6.45, 7) is -0.418. The second-order valence-electron chi connectivity index (χ2n) is 24.1. The molecule has 0 aromatic heterocycles. The van der Waals surface area contributed by atoms with Crippen LogP contribution < -0.4 is 0 Å². The molecule has 21 rings (SSSR count). The van der Waals surface area contributed by atoms with Crippen molar-refractivity contribution < 1.29 is 161 Å². The van der Waals surface area contributed by atoms with E-state index in [1.165, 1.54) is 142 Å². The summed E-state index contributed by atoms with van der Waals surface area (Å²) in [4.78, 5) is 3.15. The maximum absolute atomic E-state index is 10.2. The van der Waals surface area contributed by atoms with Gasteiger partial charge in [-0.25, -0.2) is 0 Å². The molecule has 0 saturated carbocycles. The second kappa shape index (κ2) is 39.9. The Labute approximate surface area is 572 Å². The molecule has 21 saturated heterocycles. The molecule has 21 heterocycles. The van der Waals surface area contributed by atoms with Crippen molar-refractivity contribution in [1.82, 2.24) is 0 Å². The number of hydrogen-bond donors (Lipinski definition) is 0. The second-order valence-corrected chi connectivity index (χ2v) is 24.1. The van der Waals surface area contributed by atoms with Crippen LogP contribution in [-0.2, 0) is 161 Å². The van der Waals surface area contributed by atoms with E-state index in [0.29, 0.717) is 0 Å². The lowest BCUT2D eigenvalue weighted by atomic mass is 9.94. The summed E-state index contributed by atoms with van der Waals surface area (Å²) in [6, 6.07) is 0. The Morgan fingerprint density at radius 3 is 0.520 bits per heavy atom. The van der Waals surface area contributed by atoms with Gasteiger partial charge < -0.3 is 161 Å². The normalized spacial score (nSPS) is 45.9. The van der Waals surface area contributed by atoms with Crippen LogP contribution in [0, 0.1) is 0 Å². The number of ether oxygens (including phenoxy) is 34. The zero-order valence-electron chi connectivity index (χ0n) is 59.7. The number of methoxy groups -OCH3 is 20. The highest BCUT2D eigenvalue weighted by Gasteiger charge is 2.62. The maximum Gasteiger partial charge on any atom is 0.187 e. The first-order valence-electron chi connectivity index (χ1n) is 32.2. The molecule has 35 atom stereocenters. The van der Waals surface area contributed by atoms with Crippen LogP contribution in [-0.4, -0.2) is 397 Å². The van der Waals surface area contributed by atoms with Gasteiger partial charge in [0.25, 0.3) is 0 Å². The fourth-order valence-electron chi connectivity index (χ4n) is 14.6. The minimum Gasteiger partial charge on any atom is -0.382 e. The SMILES string of the molecule is COC[C@H]1O[C@@H]2O[C@H]3[C@H](OC)[C@@H](OC)[C@@H](O[C@H]4[C@H](OC)[C@@H](OC)[C@@H](O[C@H]5[C@H](OC)[C@@H](OC)[C@@H](O[C@H]6[C@H](OC)[C@@H](OC)[C@@H](O[C@H]7[C@H](OC)[C@@H](OC)[C@@H](O[C@H]8[C@H](OC)[C@@H](OC)[C@@H](O[C@H]1[C@H](OC)[C@H]2OC)O[C@@H]8COC)O[C@@H]7COC)O[C@@H]6COC)O[C@@H]5N=[N+]=[N-])O[C@@H]4COC)O[C@@H]3COC. The Morgan fingerprint density at radius 1 is 0.214 bits per heavy atom. The van der Waals surface area contributed by atoms with E-state index in [0.717, 1.165) is 0 Å². The first-order valence-corrected chi connectivity index (χ1v) is 32.2. The van der Waals surface area contributed by atoms with Crippen LogP contribution in [0.5, 0.6) is 0 Å². The molecular formula is C61H107N3O34. The van der Waals surface area contributed by atoms with E-state index in [1.54, 1.807) is 0 Å². The molecule has 0 aromatic rings. The fraction of sp³-hybridized carbons (Fsp3) is 1.00. The van der Waals surface area contributed by atoms with E-state index >= 15 is 0 Å². The van der Waals surface area contributed by atoms with E-state index in [1.807, 2.05) is 0 Å². The molecule has 0 radical (unpaired) electrons. The quantitative estimate of drug-likeness (QED) is 0.0548. The summed E-state index contributed by atoms with van der Waals surface area (Å²) in [5.74, 6) is 0. The van der Waals surface area contributed by atoms with Crippen molar-refractivity contribution in [3.63, 3.8) is 0 Å². The Kier molecular flexibility index (Phi) is 33.2. The lowest BCUT2D eigenvalue weighted by Gasteiger charge is -2.52. The Hall–Kier alpha value is -2.05. The molecule has 21 aliphatic rings. The third kappa shape index (κ3) is 17.6. The molecule has 0 aliphatic carbocycles. The molecule has 0 N–H and O–H groups in total. The van der Waals surface area contributed by atoms with Gasteiger partial charge in [0.1, 0.15) is 165 Å². The molecule has 21 fully saturated rings. The Bertz CT molecular complexity index is 2300. The highest BCUT2D eigenvalue weighted by atomic mass is 16.8. The highest BCUT2D eigenvalue weighted by Crippen LogP contribution is 2.43. The van der Waals surface area contributed by atoms with Crippen molar-refractivity contribution in [2.24, 2.45) is 5.11 Å². The minimum absolute atomic E-state index is 0.0513. The van der Waals surface area contributed by atoms with Gasteiger partial charge in [0, 0.05) is 147 Å². The molecule has 21 aliphatic heterocycles. The first kappa shape index (κ1) is 81.6. The van der Waals surface area contributed by atoms with E-state index in [-0.39, 0.29) is 39.6 Å². The number of rotatable bonds is 27. The number of azide groups is 1. The minimum atomic E-state index is -1.51. The van der Waals surface area contributed by atoms with Gasteiger partial charge in [0.15, 0.2) is 50.3 Å². The van der Waals surface area contributed by atoms with Crippen LogP contribution in [0.4, 0.5) is 0 Å². The van der Waals surface area contributed by atoms with Crippen molar-refractivity contribution in [1.29, 1.82) is 0 Å². The van der Waals surface area contributed by atoms with E-state index in [4.69, 9.17) is 161 Å². The lowest BCUT2D eigenvalue weighted by Crippen LogP contribution is -2.69. The van der Waals surface area contributed by atoms with E-state index in [2.05, 4.69) is 10.0 Å². The van der Waals surface area contributed by atoms with Crippen molar-refractivity contribution in [2.75, 3.05) is 182 Å². The smallest absolute Gasteiger partial charge is 0.187 e. The van der Waals surface area contributed by atoms with Gasteiger partial charge in [-0.3, -0.25) is 0 Å². The molecule has 0 unspecified atom stereocenters. The molecule has 98 heavy (non-hydrogen) atoms. The highest BCUT2D eigenvalue weighted by molar-refractivity contribution is 5.04. The molecule has 37 heteroatoms. The summed E-state index contributed by atoms with van der Waals surface area (Å²) < 4.78 is 219. The van der Waals surface area contributed by atoms with Gasteiger partial charge in [-0.2, -0.15) is 0 Å². The zero-order chi connectivity index (χ0) is 70.9. The summed E-state index contributed by atoms with van der Waals surface area (Å²) >= 11 is 0. The van der Waals surface area contributed by atoms with Gasteiger partial charge in [-0.05, 0) is 5.53 Å². The van der Waals surface area contributed by atoms with Gasteiger partial charge in [-0.15, -0.1) is 0 Å². The lowest BCUT2D eigenvalue weighted by molar-refractivity contribution is -0.402. The standard InChI is InChI=1S/C61H107N3O34/c1-65-21-27-33-39(71-7)48(79-15)56(86-27)93-35-29(23-67-3)88-58(50(81-17)41(35)73-9)95-37-31(25-69-5)90-60(52(83-19)43(37)75-11)97-46-45(77-13)53(84-20)61(98-54(46)63-64-62)96-38-32(26-70-6)89-59(51(82-18)44(38)76-12)94-36-30(24-68-4)87-57(49(80-16)42(36)74-10)92-34-28(22-66-2)85-55(91-33)47(78-14)40(34)72-8/h27-61H,21-26H2,1-20H3/t27-,28-,29-,30-,31-,32-,33-,34-,35-,36-,37-,38-,39+,40+,41+,42+,43+,44+,45+,46+,47-,48-,49-,50-,51-,52-,53-,54+,55-,56-,57-,58-,59-,60-,61+/m1/s1. The summed E-state index contributed by atoms with van der Waals surface area (Å²) in [7, 11) is 29.6. The molecule has 37 nitrogen and oxygen atoms in total. The number of nitrogens with zero attached hydrogens (tertiary/aromatic N) is 3. The Morgan fingerprint density at radius 2 is 0.367 bits per heavy atom. The molecule has 0 spiro atoms. The molecule has 0 aromatic carbocycles. The summed E-state index contributed by atoms with van der Waals surface area (Å²) in [5, 5.41) is 4.07. The average molecular weight is 1430 g/mol. The van der Waals surface area contributed by atoms with E-state index < -0.39 is 215 Å². The van der Waals surface area contributed by atoms with Gasteiger partial charge >= 0.3 is 0 Å². The van der Waals surface area contributed by atoms with E-state index in [9.17, 15) is 5.53 Å². The first-order chi connectivity index (χ1) is 47.7. The third-order valence-electron chi connectivity index (χ3n) is 19.0. The van der Waals surface area contributed by atoms with Crippen LogP contribution in [0.1, 0.15) is 0 Å². The van der Waals surface area contributed by atoms with Crippen LogP contribution in [0.15, 0.2) is 5.11 Å². The predicted octanol–water partition coefficient (Wildman–Crippen LogP) is -0.873. The van der Waals surface area contributed by atoms with Crippen molar-refractivity contribution in [2.45, 2.75) is 215 Å². The molecule has 570 valence electrons. The molecule has 14 bridgehead atoms. The van der Waals surface area contributed by atoms with Crippen molar-refractivity contribution >= 4 is 0 Å². The topological polar surface area (TPSA) is 363 Å². The van der Waals surface area contributed by atoms with Gasteiger partial charge in [-0.1, -0.05) is 5.11 Å². The van der Waals surface area contributed by atoms with Crippen LogP contribution >= 0.6 is 0 Å². The average Bonchev–Trinajstić information content (AvgIpc) is 0.775. The molecule has 0 amide bonds. The fourth-order valence-corrected chi connectivity index (χ4v) is 14.6. The molecular weight excluding hydrogens is 1320 g/mol. The van der Waals surface area contributed by atoms with Gasteiger partial charge in [0.05, 0.1) is 39.6 Å². The van der Waals surface area contributed by atoms with Crippen LogP contribution in [0.3, 0.4) is 0 Å². The Balaban J connectivity index is 1.24. The largest absolute Gasteiger partial charge is 0.382 e. The van der Waals surface area contributed by atoms with Crippen LogP contribution in [0.25, 0.3) is 10.4 Å². The van der Waals surface area contributed by atoms with Crippen molar-refractivity contribution in [3.05, 3.63) is 10.4 Å². The van der Waals surface area contributed by atoms with Crippen molar-refractivity contribution in [3.8, 4) is 0 Å². The number of hydrogen-bond acceptors (Lipinski definition) is 35. The van der Waals surface area contributed by atoms with Crippen LogP contribution in [0.2, 0.25) is 0 Å². The third-order valence-corrected chi connectivity index (χ3v) is 19.0. The summed E-state index contributed by atoms with van der Waals surface area (Å²) in [6.07, 6.45) is -38.5.